The Hall–Kier alpha value is 0.284. The van der Waals surface area contributed by atoms with Crippen LogP contribution >= 0.6 is 0 Å². The second-order valence-electron chi connectivity index (χ2n) is 10.3. The fourth-order valence-corrected chi connectivity index (χ4v) is 14.1. The van der Waals surface area contributed by atoms with Crippen LogP contribution in [0.15, 0.2) is 0 Å². The summed E-state index contributed by atoms with van der Waals surface area (Å²) in [4.78, 5) is 11.5. The van der Waals surface area contributed by atoms with Crippen molar-refractivity contribution < 1.29 is 13.0 Å². The van der Waals surface area contributed by atoms with Gasteiger partial charge in [-0.15, -0.1) is 0 Å². The molecule has 0 bridgehead atoms. The van der Waals surface area contributed by atoms with Crippen LogP contribution < -0.4 is 0 Å². The molecule has 5 heteroatoms. The van der Waals surface area contributed by atoms with Crippen molar-refractivity contribution in [1.82, 2.24) is 0 Å². The van der Waals surface area contributed by atoms with Gasteiger partial charge in [-0.25, -0.2) is 0 Å². The summed E-state index contributed by atoms with van der Waals surface area (Å²) < 4.78 is 22.4. The molecule has 0 aliphatic carbocycles. The number of rotatable bonds is 2. The molecule has 2 nitrogen and oxygen atoms in total. The molecule has 0 aliphatic heterocycles. The van der Waals surface area contributed by atoms with Gasteiger partial charge in [-0.05, 0) is 0 Å². The van der Waals surface area contributed by atoms with Crippen molar-refractivity contribution in [2.24, 2.45) is 0 Å². The van der Waals surface area contributed by atoms with Crippen LogP contribution in [0.25, 0.3) is 0 Å². The quantitative estimate of drug-likeness (QED) is 0.491. The van der Waals surface area contributed by atoms with E-state index in [1.165, 1.54) is 0 Å². The second kappa shape index (κ2) is 5.43. The first-order valence-electron chi connectivity index (χ1n) is 7.82. The van der Waals surface area contributed by atoms with Crippen molar-refractivity contribution in [3.8, 4) is 0 Å². The largest absolute Gasteiger partial charge is 0.410 e. The van der Waals surface area contributed by atoms with Crippen molar-refractivity contribution in [1.29, 1.82) is 0 Å². The first-order valence-corrected chi connectivity index (χ1v) is 11.5. The van der Waals surface area contributed by atoms with E-state index in [4.69, 9.17) is 4.12 Å². The summed E-state index contributed by atoms with van der Waals surface area (Å²) in [6.07, 6.45) is 0. The summed E-state index contributed by atoms with van der Waals surface area (Å²) in [6.45, 7) is 23.1. The number of hydrogen-bond donors (Lipinski definition) is 1. The molecule has 0 radical (unpaired) electrons. The lowest BCUT2D eigenvalue weighted by Gasteiger charge is -2.54. The Kier molecular flexibility index (Phi) is 5.50. The van der Waals surface area contributed by atoms with Gasteiger partial charge in [-0.3, -0.25) is 4.11 Å². The Morgan fingerprint density at radius 3 is 1.00 bits per heavy atom. The number of halogens is 1. The van der Waals surface area contributed by atoms with Gasteiger partial charge in [0.05, 0.1) is 0 Å². The molecular formula is C16H37FO2Si2. The van der Waals surface area contributed by atoms with Gasteiger partial charge in [0.1, 0.15) is 0 Å². The molecule has 0 saturated carbocycles. The summed E-state index contributed by atoms with van der Waals surface area (Å²) in [5, 5.41) is -2.09. The first-order chi connectivity index (χ1) is 8.71. The molecule has 128 valence electrons. The SMILES string of the molecule is CC(C)(C)[Si](O)(O[Si](F)(C(C)(C)C)C(C)(C)C)C(C)(C)C. The molecule has 0 fully saturated rings. The van der Waals surface area contributed by atoms with Crippen LogP contribution in [0.2, 0.25) is 20.2 Å². The van der Waals surface area contributed by atoms with Crippen LogP contribution in [-0.4, -0.2) is 22.0 Å². The van der Waals surface area contributed by atoms with Gasteiger partial charge in [0, 0.05) is 20.2 Å². The molecule has 0 saturated heterocycles. The maximum absolute atomic E-state index is 16.2. The van der Waals surface area contributed by atoms with E-state index in [0.29, 0.717) is 0 Å². The summed E-state index contributed by atoms with van der Waals surface area (Å²) in [7, 11) is -7.02. The summed E-state index contributed by atoms with van der Waals surface area (Å²) in [5.41, 5.74) is 0. The molecule has 0 aromatic rings. The molecule has 21 heavy (non-hydrogen) atoms. The Morgan fingerprint density at radius 1 is 0.619 bits per heavy atom. The molecule has 0 aliphatic rings. The fourth-order valence-electron chi connectivity index (χ4n) is 3.07. The van der Waals surface area contributed by atoms with Gasteiger partial charge in [-0.2, -0.15) is 0 Å². The van der Waals surface area contributed by atoms with E-state index < -0.39 is 37.4 Å². The lowest BCUT2D eigenvalue weighted by molar-refractivity contribution is 0.230. The molecule has 0 unspecified atom stereocenters. The van der Waals surface area contributed by atoms with E-state index in [0.717, 1.165) is 0 Å². The van der Waals surface area contributed by atoms with Crippen LogP contribution in [-0.2, 0) is 4.12 Å². The van der Waals surface area contributed by atoms with Crippen molar-refractivity contribution >= 4 is 17.2 Å². The molecule has 0 aromatic heterocycles. The maximum Gasteiger partial charge on any atom is 0.386 e. The van der Waals surface area contributed by atoms with Crippen LogP contribution in [0.3, 0.4) is 0 Å². The Morgan fingerprint density at radius 2 is 0.857 bits per heavy atom. The van der Waals surface area contributed by atoms with Gasteiger partial charge in [0.15, 0.2) is 0 Å². The number of hydrogen-bond acceptors (Lipinski definition) is 2. The lowest BCUT2D eigenvalue weighted by atomic mass is 10.2. The molecule has 0 rings (SSSR count). The monoisotopic (exact) mass is 336 g/mol. The minimum absolute atomic E-state index is 0.452. The predicted octanol–water partition coefficient (Wildman–Crippen LogP) is 6.05. The van der Waals surface area contributed by atoms with Crippen molar-refractivity contribution in [2.45, 2.75) is 103 Å². The van der Waals surface area contributed by atoms with Gasteiger partial charge in [0.25, 0.3) is 0 Å². The first kappa shape index (κ1) is 21.3. The predicted molar refractivity (Wildman–Crippen MR) is 94.8 cm³/mol. The Balaban J connectivity index is 6.15. The van der Waals surface area contributed by atoms with Crippen LogP contribution in [0.4, 0.5) is 4.11 Å². The van der Waals surface area contributed by atoms with E-state index in [1.54, 1.807) is 0 Å². The average Bonchev–Trinajstić information content (AvgIpc) is 2.09. The summed E-state index contributed by atoms with van der Waals surface area (Å²) in [6, 6.07) is 0. The van der Waals surface area contributed by atoms with E-state index in [-0.39, 0.29) is 0 Å². The molecule has 0 atom stereocenters. The van der Waals surface area contributed by atoms with Gasteiger partial charge >= 0.3 is 17.2 Å². The van der Waals surface area contributed by atoms with Gasteiger partial charge < -0.3 is 8.91 Å². The molecule has 0 aromatic carbocycles. The Bertz CT molecular complexity index is 304. The summed E-state index contributed by atoms with van der Waals surface area (Å²) >= 11 is 0. The van der Waals surface area contributed by atoms with E-state index >= 15 is 4.11 Å². The zero-order valence-corrected chi connectivity index (χ0v) is 18.2. The van der Waals surface area contributed by atoms with Crippen molar-refractivity contribution in [2.75, 3.05) is 0 Å². The molecule has 0 amide bonds. The average molecular weight is 337 g/mol. The maximum atomic E-state index is 16.2. The second-order valence-corrected chi connectivity index (χ2v) is 19.6. The normalized spacial score (nSPS) is 16.3. The van der Waals surface area contributed by atoms with E-state index in [2.05, 4.69) is 0 Å². The van der Waals surface area contributed by atoms with Crippen molar-refractivity contribution in [3.05, 3.63) is 0 Å². The summed E-state index contributed by atoms with van der Waals surface area (Å²) in [5.74, 6) is 0. The highest BCUT2D eigenvalue weighted by atomic mass is 28.5. The highest BCUT2D eigenvalue weighted by Gasteiger charge is 2.66. The van der Waals surface area contributed by atoms with Crippen LogP contribution in [0.1, 0.15) is 83.1 Å². The third kappa shape index (κ3) is 3.79. The zero-order chi connectivity index (χ0) is 17.7. The van der Waals surface area contributed by atoms with E-state index in [1.807, 2.05) is 83.1 Å². The third-order valence-electron chi connectivity index (χ3n) is 4.25. The minimum Gasteiger partial charge on any atom is -0.410 e. The van der Waals surface area contributed by atoms with Crippen LogP contribution in [0.5, 0.6) is 0 Å². The third-order valence-corrected chi connectivity index (χ3v) is 14.5. The van der Waals surface area contributed by atoms with Crippen LogP contribution in [0, 0.1) is 0 Å². The minimum atomic E-state index is -3.70. The lowest BCUT2D eigenvalue weighted by Crippen LogP contribution is -2.65. The van der Waals surface area contributed by atoms with Gasteiger partial charge in [-0.1, -0.05) is 83.1 Å². The Labute approximate surface area is 134 Å². The molecule has 0 heterocycles. The van der Waals surface area contributed by atoms with E-state index in [9.17, 15) is 4.80 Å². The molecule has 1 N–H and O–H groups in total. The highest BCUT2D eigenvalue weighted by molar-refractivity contribution is 6.85. The fraction of sp³-hybridized carbons (Fsp3) is 1.00. The van der Waals surface area contributed by atoms with Gasteiger partial charge in [0.2, 0.25) is 0 Å². The van der Waals surface area contributed by atoms with Crippen molar-refractivity contribution in [3.63, 3.8) is 0 Å². The zero-order valence-electron chi connectivity index (χ0n) is 16.2. The smallest absolute Gasteiger partial charge is 0.386 e. The molecule has 0 spiro atoms. The standard InChI is InChI=1S/C16H37FO2Si2/c1-13(2,3)20(17,14(4,5)6)19-21(18,15(7,8)9)16(10,11)12/h18H,1-12H3. The molecular weight excluding hydrogens is 299 g/mol. The highest BCUT2D eigenvalue weighted by Crippen LogP contribution is 2.59. The topological polar surface area (TPSA) is 29.5 Å².